The van der Waals surface area contributed by atoms with Gasteiger partial charge in [0, 0.05) is 31.6 Å². The topological polar surface area (TPSA) is 67.2 Å². The highest BCUT2D eigenvalue weighted by molar-refractivity contribution is 6.02. The third-order valence-electron chi connectivity index (χ3n) is 3.41. The lowest BCUT2D eigenvalue weighted by molar-refractivity contribution is 0.0995. The van der Waals surface area contributed by atoms with E-state index in [-0.39, 0.29) is 5.91 Å². The van der Waals surface area contributed by atoms with Crippen molar-refractivity contribution in [3.8, 4) is 0 Å². The molecule has 104 valence electrons. The molecule has 0 bridgehead atoms. The molecule has 1 aliphatic rings. The number of furan rings is 1. The second kappa shape index (κ2) is 5.46. The van der Waals surface area contributed by atoms with Crippen LogP contribution in [0.2, 0.25) is 0 Å². The Hall–Kier alpha value is -2.14. The van der Waals surface area contributed by atoms with E-state index < -0.39 is 0 Å². The fraction of sp³-hybridized carbons (Fsp3) is 0.333. The third kappa shape index (κ3) is 2.58. The molecule has 1 amide bonds. The zero-order valence-electron chi connectivity index (χ0n) is 11.4. The molecule has 0 aromatic carbocycles. The highest BCUT2D eigenvalue weighted by Gasteiger charge is 2.14. The van der Waals surface area contributed by atoms with Crippen molar-refractivity contribution in [3.05, 3.63) is 47.2 Å². The quantitative estimate of drug-likeness (QED) is 0.897. The number of hydrogen-bond acceptors (Lipinski definition) is 4. The van der Waals surface area contributed by atoms with Crippen molar-refractivity contribution in [2.24, 2.45) is 0 Å². The molecule has 5 nitrogen and oxygen atoms in total. The molecule has 0 atom stereocenters. The molecule has 0 saturated heterocycles. The molecule has 2 aromatic heterocycles. The minimum atomic E-state index is -0.241. The molecule has 2 aromatic rings. The number of pyridine rings is 1. The summed E-state index contributed by atoms with van der Waals surface area (Å²) in [6.45, 7) is 3.74. The maximum Gasteiger partial charge on any atom is 0.291 e. The number of amides is 1. The second-order valence-electron chi connectivity index (χ2n) is 4.83. The van der Waals surface area contributed by atoms with Gasteiger partial charge in [-0.05, 0) is 23.8 Å². The van der Waals surface area contributed by atoms with Gasteiger partial charge < -0.3 is 15.1 Å². The Morgan fingerprint density at radius 2 is 2.40 bits per heavy atom. The molecule has 0 radical (unpaired) electrons. The molecule has 0 unspecified atom stereocenters. The van der Waals surface area contributed by atoms with Gasteiger partial charge in [0.2, 0.25) is 0 Å². The monoisotopic (exact) mass is 271 g/mol. The highest BCUT2D eigenvalue weighted by Crippen LogP contribution is 2.17. The molecule has 20 heavy (non-hydrogen) atoms. The van der Waals surface area contributed by atoms with Crippen molar-refractivity contribution >= 4 is 11.6 Å². The van der Waals surface area contributed by atoms with E-state index in [0.29, 0.717) is 11.4 Å². The van der Waals surface area contributed by atoms with Crippen molar-refractivity contribution < 1.29 is 9.21 Å². The van der Waals surface area contributed by atoms with Crippen LogP contribution in [0.25, 0.3) is 0 Å². The molecular formula is C15H17N3O2. The van der Waals surface area contributed by atoms with Gasteiger partial charge in [0.25, 0.3) is 5.91 Å². The predicted octanol–water partition coefficient (Wildman–Crippen LogP) is 2.13. The molecule has 0 fully saturated rings. The Morgan fingerprint density at radius 3 is 3.20 bits per heavy atom. The Kier molecular flexibility index (Phi) is 3.52. The van der Waals surface area contributed by atoms with Gasteiger partial charge in [-0.15, -0.1) is 0 Å². The molecule has 3 heterocycles. The fourth-order valence-electron chi connectivity index (χ4n) is 2.30. The number of aryl methyl sites for hydroxylation is 1. The first-order valence-electron chi connectivity index (χ1n) is 6.85. The van der Waals surface area contributed by atoms with E-state index in [1.165, 1.54) is 0 Å². The van der Waals surface area contributed by atoms with Crippen LogP contribution < -0.4 is 10.6 Å². The summed E-state index contributed by atoms with van der Waals surface area (Å²) in [5.41, 5.74) is 2.95. The summed E-state index contributed by atoms with van der Waals surface area (Å²) in [7, 11) is 0. The number of aromatic nitrogens is 1. The number of nitrogens with one attached hydrogen (secondary N) is 2. The van der Waals surface area contributed by atoms with Crippen LogP contribution in [-0.4, -0.2) is 17.4 Å². The number of hydrogen-bond donors (Lipinski definition) is 2. The molecule has 3 rings (SSSR count). The average Bonchev–Trinajstić information content (AvgIpc) is 2.96. The van der Waals surface area contributed by atoms with Gasteiger partial charge in [-0.3, -0.25) is 9.78 Å². The number of carbonyl (C=O) groups is 1. The van der Waals surface area contributed by atoms with Gasteiger partial charge in [-0.2, -0.15) is 0 Å². The summed E-state index contributed by atoms with van der Waals surface area (Å²) in [4.78, 5) is 16.5. The van der Waals surface area contributed by atoms with Crippen molar-refractivity contribution in [3.63, 3.8) is 0 Å². The molecule has 5 heteroatoms. The fourth-order valence-corrected chi connectivity index (χ4v) is 2.30. The van der Waals surface area contributed by atoms with Crippen LogP contribution in [0.3, 0.4) is 0 Å². The average molecular weight is 271 g/mol. The van der Waals surface area contributed by atoms with Gasteiger partial charge in [0.05, 0.1) is 11.9 Å². The maximum atomic E-state index is 12.1. The standard InChI is InChI=1S/C15H17N3O2/c1-2-12-3-4-14(20-12)15(19)18-11-7-10-8-16-6-5-13(10)17-9-11/h3-4,7,9,16H,2,5-6,8H2,1H3,(H,18,19). The number of anilines is 1. The number of fused-ring (bicyclic) bond motifs is 1. The highest BCUT2D eigenvalue weighted by atomic mass is 16.3. The summed E-state index contributed by atoms with van der Waals surface area (Å²) in [6.07, 6.45) is 3.41. The lowest BCUT2D eigenvalue weighted by atomic mass is 10.1. The zero-order chi connectivity index (χ0) is 13.9. The first kappa shape index (κ1) is 12.9. The van der Waals surface area contributed by atoms with Crippen molar-refractivity contribution in [1.82, 2.24) is 10.3 Å². The van der Waals surface area contributed by atoms with E-state index in [9.17, 15) is 4.79 Å². The third-order valence-corrected chi connectivity index (χ3v) is 3.41. The van der Waals surface area contributed by atoms with Gasteiger partial charge in [0.1, 0.15) is 5.76 Å². The van der Waals surface area contributed by atoms with Crippen LogP contribution in [-0.2, 0) is 19.4 Å². The van der Waals surface area contributed by atoms with E-state index in [2.05, 4.69) is 15.6 Å². The van der Waals surface area contributed by atoms with E-state index in [1.54, 1.807) is 12.3 Å². The Morgan fingerprint density at radius 1 is 1.50 bits per heavy atom. The van der Waals surface area contributed by atoms with Crippen molar-refractivity contribution in [1.29, 1.82) is 0 Å². The van der Waals surface area contributed by atoms with Gasteiger partial charge in [0.15, 0.2) is 5.76 Å². The van der Waals surface area contributed by atoms with E-state index in [0.717, 1.165) is 42.9 Å². The molecule has 0 saturated carbocycles. The van der Waals surface area contributed by atoms with Crippen LogP contribution >= 0.6 is 0 Å². The van der Waals surface area contributed by atoms with Crippen molar-refractivity contribution in [2.75, 3.05) is 11.9 Å². The number of carbonyl (C=O) groups excluding carboxylic acids is 1. The zero-order valence-corrected chi connectivity index (χ0v) is 11.4. The van der Waals surface area contributed by atoms with Gasteiger partial charge >= 0.3 is 0 Å². The van der Waals surface area contributed by atoms with Crippen LogP contribution in [0.5, 0.6) is 0 Å². The molecule has 0 aliphatic carbocycles. The molecule has 0 spiro atoms. The summed E-state index contributed by atoms with van der Waals surface area (Å²) >= 11 is 0. The molecule has 1 aliphatic heterocycles. The van der Waals surface area contributed by atoms with E-state index >= 15 is 0 Å². The minimum Gasteiger partial charge on any atom is -0.456 e. The van der Waals surface area contributed by atoms with Gasteiger partial charge in [-0.1, -0.05) is 6.92 Å². The predicted molar refractivity (Wildman–Crippen MR) is 75.7 cm³/mol. The lowest BCUT2D eigenvalue weighted by Gasteiger charge is -2.16. The van der Waals surface area contributed by atoms with Crippen LogP contribution in [0.4, 0.5) is 5.69 Å². The lowest BCUT2D eigenvalue weighted by Crippen LogP contribution is -2.24. The second-order valence-corrected chi connectivity index (χ2v) is 4.83. The van der Waals surface area contributed by atoms with Crippen LogP contribution in [0.15, 0.2) is 28.8 Å². The molecule has 2 N–H and O–H groups in total. The van der Waals surface area contributed by atoms with Crippen molar-refractivity contribution in [2.45, 2.75) is 26.3 Å². The normalized spacial score (nSPS) is 13.8. The molecular weight excluding hydrogens is 254 g/mol. The smallest absolute Gasteiger partial charge is 0.291 e. The first-order chi connectivity index (χ1) is 9.76. The Labute approximate surface area is 117 Å². The summed E-state index contributed by atoms with van der Waals surface area (Å²) in [5.74, 6) is 0.899. The summed E-state index contributed by atoms with van der Waals surface area (Å²) in [6, 6.07) is 5.49. The van der Waals surface area contributed by atoms with Crippen LogP contribution in [0, 0.1) is 0 Å². The summed E-state index contributed by atoms with van der Waals surface area (Å²) < 4.78 is 5.43. The minimum absolute atomic E-state index is 0.241. The number of nitrogens with zero attached hydrogens (tertiary/aromatic N) is 1. The van der Waals surface area contributed by atoms with Gasteiger partial charge in [-0.25, -0.2) is 0 Å². The SMILES string of the molecule is CCc1ccc(C(=O)Nc2cnc3c(c2)CNCC3)o1. The Balaban J connectivity index is 1.75. The maximum absolute atomic E-state index is 12.1. The van der Waals surface area contributed by atoms with Crippen LogP contribution in [0.1, 0.15) is 34.5 Å². The first-order valence-corrected chi connectivity index (χ1v) is 6.85. The van der Waals surface area contributed by atoms with E-state index in [1.807, 2.05) is 19.1 Å². The van der Waals surface area contributed by atoms with E-state index in [4.69, 9.17) is 4.42 Å². The Bertz CT molecular complexity index is 634. The summed E-state index contributed by atoms with van der Waals surface area (Å²) in [5, 5.41) is 6.12. The number of rotatable bonds is 3. The largest absolute Gasteiger partial charge is 0.456 e.